The van der Waals surface area contributed by atoms with E-state index in [1.807, 2.05) is 12.1 Å². The Balaban J connectivity index is 1.21. The monoisotopic (exact) mass is 605 g/mol. The Morgan fingerprint density at radius 2 is 1.88 bits per heavy atom. The zero-order valence-corrected chi connectivity index (χ0v) is 23.8. The molecule has 2 aliphatic heterocycles. The Labute approximate surface area is 246 Å². The van der Waals surface area contributed by atoms with Crippen molar-refractivity contribution >= 4 is 34.5 Å². The Morgan fingerprint density at radius 3 is 2.60 bits per heavy atom. The highest BCUT2D eigenvalue weighted by molar-refractivity contribution is 6.32. The van der Waals surface area contributed by atoms with Gasteiger partial charge in [-0.15, -0.1) is 0 Å². The summed E-state index contributed by atoms with van der Waals surface area (Å²) in [5.41, 5.74) is 0.179. The number of ether oxygens (including phenoxy) is 1. The molecule has 0 spiro atoms. The number of nitro benzene ring substituents is 1. The summed E-state index contributed by atoms with van der Waals surface area (Å²) in [6.07, 6.45) is -2.10. The summed E-state index contributed by atoms with van der Waals surface area (Å²) >= 11 is 6.50. The smallest absolute Gasteiger partial charge is 0.423 e. The van der Waals surface area contributed by atoms with Gasteiger partial charge in [0.25, 0.3) is 5.69 Å². The molecule has 3 heterocycles. The van der Waals surface area contributed by atoms with Gasteiger partial charge in [0.2, 0.25) is 0 Å². The van der Waals surface area contributed by atoms with Crippen LogP contribution < -0.4 is 15.0 Å². The molecular weight excluding hydrogens is 575 g/mol. The average Bonchev–Trinajstić information content (AvgIpc) is 2.96. The normalized spacial score (nSPS) is 16.3. The van der Waals surface area contributed by atoms with Crippen molar-refractivity contribution in [3.8, 4) is 5.75 Å². The second kappa shape index (κ2) is 12.7. The Kier molecular flexibility index (Phi) is 8.99. The van der Waals surface area contributed by atoms with Gasteiger partial charge in [0.1, 0.15) is 23.5 Å². The van der Waals surface area contributed by atoms with E-state index in [9.17, 15) is 23.3 Å². The number of likely N-dealkylation sites (N-methyl/N-ethyl adjacent to an activating group) is 1. The standard InChI is InChI=1S/C28H31ClF3N7O3/c1-36-10-12-37(13-11-36)8-2-14-42-26-6-3-19(15-23(26)29)35-27-21-7-9-38(17-24(21)33-18-34-27)20-4-5-25(39(40)41)22(16-20)28(30,31)32/h3-6,15-16,18H,2,7-14,17H2,1H3,(H,33,34,35). The number of piperazine rings is 1. The molecule has 3 aromatic rings. The second-order valence-electron chi connectivity index (χ2n) is 10.4. The lowest BCUT2D eigenvalue weighted by atomic mass is 10.0. The summed E-state index contributed by atoms with van der Waals surface area (Å²) < 4.78 is 46.4. The van der Waals surface area contributed by atoms with Gasteiger partial charge in [0.15, 0.2) is 0 Å². The molecule has 2 aliphatic rings. The molecule has 5 rings (SSSR count). The van der Waals surface area contributed by atoms with E-state index in [4.69, 9.17) is 16.3 Å². The number of benzene rings is 2. The predicted octanol–water partition coefficient (Wildman–Crippen LogP) is 5.38. The number of anilines is 3. The number of fused-ring (bicyclic) bond motifs is 1. The van der Waals surface area contributed by atoms with E-state index in [0.29, 0.717) is 47.5 Å². The van der Waals surface area contributed by atoms with E-state index >= 15 is 0 Å². The highest BCUT2D eigenvalue weighted by Crippen LogP contribution is 2.39. The number of hydrogen-bond acceptors (Lipinski definition) is 9. The molecule has 0 aliphatic carbocycles. The van der Waals surface area contributed by atoms with Crippen molar-refractivity contribution in [1.29, 1.82) is 0 Å². The minimum atomic E-state index is -4.85. The van der Waals surface area contributed by atoms with Crippen LogP contribution in [-0.4, -0.2) is 77.6 Å². The summed E-state index contributed by atoms with van der Waals surface area (Å²) in [5.74, 6) is 1.18. The highest BCUT2D eigenvalue weighted by atomic mass is 35.5. The van der Waals surface area contributed by atoms with Crippen molar-refractivity contribution < 1.29 is 22.8 Å². The molecule has 224 valence electrons. The molecule has 1 aromatic heterocycles. The largest absolute Gasteiger partial charge is 0.492 e. The van der Waals surface area contributed by atoms with Gasteiger partial charge in [-0.1, -0.05) is 11.6 Å². The fourth-order valence-electron chi connectivity index (χ4n) is 5.16. The first kappa shape index (κ1) is 29.8. The van der Waals surface area contributed by atoms with Crippen LogP contribution in [0.1, 0.15) is 23.2 Å². The van der Waals surface area contributed by atoms with Gasteiger partial charge in [-0.3, -0.25) is 10.1 Å². The molecule has 0 saturated carbocycles. The summed E-state index contributed by atoms with van der Waals surface area (Å²) in [6.45, 7) is 6.45. The topological polar surface area (TPSA) is 99.9 Å². The van der Waals surface area contributed by atoms with Crippen LogP contribution in [-0.2, 0) is 19.1 Å². The van der Waals surface area contributed by atoms with E-state index in [2.05, 4.69) is 32.1 Å². The van der Waals surface area contributed by atoms with E-state index in [1.165, 1.54) is 12.4 Å². The summed E-state index contributed by atoms with van der Waals surface area (Å²) in [5, 5.41) is 14.9. The molecule has 0 atom stereocenters. The molecule has 1 saturated heterocycles. The van der Waals surface area contributed by atoms with E-state index in [1.54, 1.807) is 11.0 Å². The first-order valence-corrected chi connectivity index (χ1v) is 14.0. The number of halogens is 4. The van der Waals surface area contributed by atoms with Gasteiger partial charge < -0.3 is 24.8 Å². The lowest BCUT2D eigenvalue weighted by molar-refractivity contribution is -0.388. The van der Waals surface area contributed by atoms with Crippen LogP contribution in [0, 0.1) is 10.1 Å². The molecular formula is C28H31ClF3N7O3. The van der Waals surface area contributed by atoms with Crippen LogP contribution in [0.2, 0.25) is 5.02 Å². The number of aromatic nitrogens is 2. The van der Waals surface area contributed by atoms with Gasteiger partial charge in [0.05, 0.1) is 28.8 Å². The van der Waals surface area contributed by atoms with Crippen LogP contribution in [0.5, 0.6) is 5.75 Å². The van der Waals surface area contributed by atoms with Crippen LogP contribution >= 0.6 is 11.6 Å². The number of nitrogens with one attached hydrogen (secondary N) is 1. The molecule has 0 bridgehead atoms. The third kappa shape index (κ3) is 7.02. The van der Waals surface area contributed by atoms with Gasteiger partial charge in [-0.25, -0.2) is 9.97 Å². The number of hydrogen-bond donors (Lipinski definition) is 1. The molecule has 0 amide bonds. The summed E-state index contributed by atoms with van der Waals surface area (Å²) in [4.78, 5) is 25.3. The molecule has 10 nitrogen and oxygen atoms in total. The maximum atomic E-state index is 13.5. The van der Waals surface area contributed by atoms with Crippen molar-refractivity contribution in [2.75, 3.05) is 63.1 Å². The van der Waals surface area contributed by atoms with Gasteiger partial charge in [-0.05, 0) is 50.2 Å². The van der Waals surface area contributed by atoms with Crippen LogP contribution in [0.3, 0.4) is 0 Å². The first-order chi connectivity index (χ1) is 20.1. The zero-order chi connectivity index (χ0) is 29.9. The average molecular weight is 606 g/mol. The second-order valence-corrected chi connectivity index (χ2v) is 10.8. The van der Waals surface area contributed by atoms with Gasteiger partial charge in [0, 0.05) is 62.3 Å². The fraction of sp³-hybridized carbons (Fsp3) is 0.429. The number of alkyl halides is 3. The Bertz CT molecular complexity index is 1430. The molecule has 1 fully saturated rings. The third-order valence-corrected chi connectivity index (χ3v) is 7.82. The van der Waals surface area contributed by atoms with Crippen molar-refractivity contribution in [1.82, 2.24) is 19.8 Å². The minimum absolute atomic E-state index is 0.226. The molecule has 2 aromatic carbocycles. The zero-order valence-electron chi connectivity index (χ0n) is 23.0. The minimum Gasteiger partial charge on any atom is -0.492 e. The van der Waals surface area contributed by atoms with Gasteiger partial charge in [-0.2, -0.15) is 13.2 Å². The maximum Gasteiger partial charge on any atom is 0.423 e. The van der Waals surface area contributed by atoms with Crippen molar-refractivity contribution in [3.63, 3.8) is 0 Å². The maximum absolute atomic E-state index is 13.5. The number of nitro groups is 1. The Morgan fingerprint density at radius 1 is 1.10 bits per heavy atom. The molecule has 14 heteroatoms. The fourth-order valence-corrected chi connectivity index (χ4v) is 5.40. The van der Waals surface area contributed by atoms with E-state index in [0.717, 1.165) is 56.8 Å². The summed E-state index contributed by atoms with van der Waals surface area (Å²) in [7, 11) is 2.14. The van der Waals surface area contributed by atoms with Crippen molar-refractivity contribution in [3.05, 3.63) is 74.7 Å². The molecule has 1 N–H and O–H groups in total. The highest BCUT2D eigenvalue weighted by Gasteiger charge is 2.39. The lowest BCUT2D eigenvalue weighted by Gasteiger charge is -2.32. The number of rotatable bonds is 9. The van der Waals surface area contributed by atoms with E-state index < -0.39 is 22.4 Å². The third-order valence-electron chi connectivity index (χ3n) is 7.52. The van der Waals surface area contributed by atoms with E-state index in [-0.39, 0.29) is 12.2 Å². The van der Waals surface area contributed by atoms with Crippen molar-refractivity contribution in [2.45, 2.75) is 25.6 Å². The SMILES string of the molecule is CN1CCN(CCCOc2ccc(Nc3ncnc4c3CCN(c3ccc([N+](=O)[O-])c(C(F)(F)F)c3)C4)cc2Cl)CC1. The summed E-state index contributed by atoms with van der Waals surface area (Å²) in [6, 6.07) is 8.46. The first-order valence-electron chi connectivity index (χ1n) is 13.6. The quantitative estimate of drug-likeness (QED) is 0.196. The molecule has 42 heavy (non-hydrogen) atoms. The van der Waals surface area contributed by atoms with Crippen LogP contribution in [0.25, 0.3) is 0 Å². The van der Waals surface area contributed by atoms with Gasteiger partial charge >= 0.3 is 6.18 Å². The molecule has 0 radical (unpaired) electrons. The number of nitrogens with zero attached hydrogens (tertiary/aromatic N) is 6. The van der Waals surface area contributed by atoms with Crippen LogP contribution in [0.4, 0.5) is 36.1 Å². The predicted molar refractivity (Wildman–Crippen MR) is 154 cm³/mol. The van der Waals surface area contributed by atoms with Crippen LogP contribution in [0.15, 0.2) is 42.7 Å². The lowest BCUT2D eigenvalue weighted by Crippen LogP contribution is -2.44. The van der Waals surface area contributed by atoms with Crippen molar-refractivity contribution in [2.24, 2.45) is 0 Å². The Hall–Kier alpha value is -3.68. The molecule has 0 unspecified atom stereocenters.